The monoisotopic (exact) mass is 354 g/mol. The van der Waals surface area contributed by atoms with Crippen LogP contribution in [-0.2, 0) is 14.3 Å². The number of allylic oxidation sites excluding steroid dienone is 2. The van der Waals surface area contributed by atoms with Crippen molar-refractivity contribution in [3.05, 3.63) is 41.2 Å². The zero-order valence-corrected chi connectivity index (χ0v) is 14.1. The fraction of sp³-hybridized carbons (Fsp3) is 0.444. The van der Waals surface area contributed by atoms with Gasteiger partial charge in [-0.1, -0.05) is 29.8 Å². The van der Waals surface area contributed by atoms with E-state index in [9.17, 15) is 14.0 Å². The molecule has 0 spiro atoms. The Balaban J connectivity index is 1.65. The van der Waals surface area contributed by atoms with Gasteiger partial charge in [-0.2, -0.15) is 0 Å². The second-order valence-corrected chi connectivity index (χ2v) is 6.12. The SMILES string of the molecule is O=C(CCCC(=O)Oc1c(F)cccc1Cl)OCC1CC=CCC1. The highest BCUT2D eigenvalue weighted by Gasteiger charge is 2.15. The highest BCUT2D eigenvalue weighted by molar-refractivity contribution is 6.32. The number of hydrogen-bond acceptors (Lipinski definition) is 4. The van der Waals surface area contributed by atoms with Gasteiger partial charge in [-0.3, -0.25) is 9.59 Å². The van der Waals surface area contributed by atoms with Crippen molar-refractivity contribution in [3.63, 3.8) is 0 Å². The van der Waals surface area contributed by atoms with Gasteiger partial charge in [-0.15, -0.1) is 0 Å². The zero-order valence-electron chi connectivity index (χ0n) is 13.3. The number of rotatable bonds is 7. The molecule has 0 amide bonds. The molecule has 1 aromatic carbocycles. The summed E-state index contributed by atoms with van der Waals surface area (Å²) in [5.74, 6) is -1.56. The molecule has 1 aliphatic carbocycles. The second kappa shape index (κ2) is 9.42. The molecule has 130 valence electrons. The van der Waals surface area contributed by atoms with Crippen LogP contribution in [0.25, 0.3) is 0 Å². The molecule has 4 nitrogen and oxygen atoms in total. The summed E-state index contributed by atoms with van der Waals surface area (Å²) < 4.78 is 23.6. The maximum absolute atomic E-state index is 13.5. The molecular weight excluding hydrogens is 335 g/mol. The van der Waals surface area contributed by atoms with Gasteiger partial charge in [0, 0.05) is 12.8 Å². The molecule has 0 saturated heterocycles. The summed E-state index contributed by atoms with van der Waals surface area (Å²) in [6, 6.07) is 4.02. The fourth-order valence-corrected chi connectivity index (χ4v) is 2.61. The van der Waals surface area contributed by atoms with Gasteiger partial charge in [0.15, 0.2) is 11.6 Å². The van der Waals surface area contributed by atoms with Crippen LogP contribution < -0.4 is 4.74 Å². The number of benzene rings is 1. The van der Waals surface area contributed by atoms with Crippen molar-refractivity contribution in [2.24, 2.45) is 5.92 Å². The van der Waals surface area contributed by atoms with E-state index in [2.05, 4.69) is 12.2 Å². The summed E-state index contributed by atoms with van der Waals surface area (Å²) in [6.45, 7) is 0.415. The summed E-state index contributed by atoms with van der Waals surface area (Å²) in [7, 11) is 0. The van der Waals surface area contributed by atoms with E-state index in [4.69, 9.17) is 21.1 Å². The number of carbonyl (C=O) groups excluding carboxylic acids is 2. The van der Waals surface area contributed by atoms with Crippen molar-refractivity contribution in [1.82, 2.24) is 0 Å². The first kappa shape index (κ1) is 18.5. The van der Waals surface area contributed by atoms with Crippen LogP contribution in [0.4, 0.5) is 4.39 Å². The van der Waals surface area contributed by atoms with Crippen LogP contribution in [0.5, 0.6) is 5.75 Å². The minimum Gasteiger partial charge on any atom is -0.465 e. The molecule has 0 radical (unpaired) electrons. The lowest BCUT2D eigenvalue weighted by molar-refractivity contribution is -0.145. The number of hydrogen-bond donors (Lipinski definition) is 0. The van der Waals surface area contributed by atoms with Crippen molar-refractivity contribution in [1.29, 1.82) is 0 Å². The molecule has 0 saturated carbocycles. The summed E-state index contributed by atoms with van der Waals surface area (Å²) in [5, 5.41) is 0.0318. The standard InChI is InChI=1S/C18H20ClFO4/c19-14-8-4-9-15(20)18(14)24-17(22)11-5-10-16(21)23-12-13-6-2-1-3-7-13/h1-2,4,8-9,13H,3,5-7,10-12H2. The second-order valence-electron chi connectivity index (χ2n) is 5.71. The molecule has 1 atom stereocenters. The Hall–Kier alpha value is -1.88. The Morgan fingerprint density at radius 3 is 2.71 bits per heavy atom. The van der Waals surface area contributed by atoms with Crippen LogP contribution in [-0.4, -0.2) is 18.5 Å². The summed E-state index contributed by atoms with van der Waals surface area (Å²) in [5.41, 5.74) is 0. The molecule has 0 aliphatic heterocycles. The normalized spacial score (nSPS) is 16.7. The molecule has 1 unspecified atom stereocenters. The number of para-hydroxylation sites is 1. The maximum atomic E-state index is 13.5. The van der Waals surface area contributed by atoms with Gasteiger partial charge in [-0.25, -0.2) is 4.39 Å². The largest absolute Gasteiger partial charge is 0.465 e. The van der Waals surface area contributed by atoms with Gasteiger partial charge in [0.1, 0.15) is 0 Å². The Kier molecular flexibility index (Phi) is 7.25. The third kappa shape index (κ3) is 5.96. The lowest BCUT2D eigenvalue weighted by Crippen LogP contribution is -2.16. The van der Waals surface area contributed by atoms with Crippen LogP contribution in [0.1, 0.15) is 38.5 Å². The van der Waals surface area contributed by atoms with Crippen molar-refractivity contribution >= 4 is 23.5 Å². The van der Waals surface area contributed by atoms with Crippen LogP contribution in [0.3, 0.4) is 0 Å². The van der Waals surface area contributed by atoms with Crippen molar-refractivity contribution < 1.29 is 23.5 Å². The molecule has 6 heteroatoms. The first-order chi connectivity index (χ1) is 11.6. The van der Waals surface area contributed by atoms with Crippen molar-refractivity contribution in [2.75, 3.05) is 6.61 Å². The van der Waals surface area contributed by atoms with E-state index in [-0.39, 0.29) is 36.0 Å². The van der Waals surface area contributed by atoms with Crippen molar-refractivity contribution in [3.8, 4) is 5.75 Å². The van der Waals surface area contributed by atoms with E-state index >= 15 is 0 Å². The molecule has 2 rings (SSSR count). The topological polar surface area (TPSA) is 52.6 Å². The predicted octanol–water partition coefficient (Wildman–Crippen LogP) is 4.45. The number of carbonyl (C=O) groups is 2. The van der Waals surface area contributed by atoms with E-state index in [0.29, 0.717) is 12.5 Å². The fourth-order valence-electron chi connectivity index (χ4n) is 2.41. The van der Waals surface area contributed by atoms with Gasteiger partial charge in [0.25, 0.3) is 0 Å². The quantitative estimate of drug-likeness (QED) is 0.412. The van der Waals surface area contributed by atoms with Crippen LogP contribution >= 0.6 is 11.6 Å². The first-order valence-electron chi connectivity index (χ1n) is 8.01. The Morgan fingerprint density at radius 1 is 1.21 bits per heavy atom. The Morgan fingerprint density at radius 2 is 2.00 bits per heavy atom. The third-order valence-corrected chi connectivity index (χ3v) is 4.05. The molecule has 0 N–H and O–H groups in total. The van der Waals surface area contributed by atoms with Crippen LogP contribution in [0.2, 0.25) is 5.02 Å². The minimum absolute atomic E-state index is 0.00801. The average Bonchev–Trinajstić information content (AvgIpc) is 2.57. The van der Waals surface area contributed by atoms with E-state index in [0.717, 1.165) is 25.3 Å². The zero-order chi connectivity index (χ0) is 17.4. The Bertz CT molecular complexity index is 595. The third-order valence-electron chi connectivity index (χ3n) is 3.75. The van der Waals surface area contributed by atoms with Crippen LogP contribution in [0, 0.1) is 11.7 Å². The average molecular weight is 355 g/mol. The number of esters is 2. The van der Waals surface area contributed by atoms with Crippen molar-refractivity contribution in [2.45, 2.75) is 38.5 Å². The summed E-state index contributed by atoms with van der Waals surface area (Å²) in [6.07, 6.45) is 7.62. The summed E-state index contributed by atoms with van der Waals surface area (Å²) in [4.78, 5) is 23.4. The minimum atomic E-state index is -0.697. The molecule has 24 heavy (non-hydrogen) atoms. The van der Waals surface area contributed by atoms with E-state index < -0.39 is 11.8 Å². The van der Waals surface area contributed by atoms with Gasteiger partial charge in [0.05, 0.1) is 11.6 Å². The van der Waals surface area contributed by atoms with Gasteiger partial charge >= 0.3 is 11.9 Å². The first-order valence-corrected chi connectivity index (χ1v) is 8.39. The lowest BCUT2D eigenvalue weighted by Gasteiger charge is -2.17. The Labute approximate surface area is 145 Å². The predicted molar refractivity (Wildman–Crippen MR) is 88.3 cm³/mol. The molecule has 0 bridgehead atoms. The van der Waals surface area contributed by atoms with Crippen LogP contribution in [0.15, 0.2) is 30.4 Å². The highest BCUT2D eigenvalue weighted by Crippen LogP contribution is 2.27. The molecule has 1 aliphatic rings. The molecule has 0 fully saturated rings. The van der Waals surface area contributed by atoms with Gasteiger partial charge in [0.2, 0.25) is 0 Å². The number of ether oxygens (including phenoxy) is 2. The van der Waals surface area contributed by atoms with E-state index in [1.807, 2.05) is 0 Å². The van der Waals surface area contributed by atoms with Gasteiger partial charge in [-0.05, 0) is 43.7 Å². The lowest BCUT2D eigenvalue weighted by atomic mass is 9.95. The highest BCUT2D eigenvalue weighted by atomic mass is 35.5. The molecule has 1 aromatic rings. The smallest absolute Gasteiger partial charge is 0.311 e. The molecule has 0 aromatic heterocycles. The number of halogens is 2. The molecular formula is C18H20ClFO4. The van der Waals surface area contributed by atoms with Gasteiger partial charge < -0.3 is 9.47 Å². The maximum Gasteiger partial charge on any atom is 0.311 e. The van der Waals surface area contributed by atoms with E-state index in [1.54, 1.807) is 0 Å². The van der Waals surface area contributed by atoms with E-state index in [1.165, 1.54) is 12.1 Å². The molecule has 0 heterocycles. The summed E-state index contributed by atoms with van der Waals surface area (Å²) >= 11 is 5.78.